The van der Waals surface area contributed by atoms with E-state index in [0.717, 1.165) is 6.61 Å². The molecule has 0 amide bonds. The van der Waals surface area contributed by atoms with Gasteiger partial charge >= 0.3 is 0 Å². The maximum absolute atomic E-state index is 6.28. The Labute approximate surface area is 99.9 Å². The normalized spacial score (nSPS) is 32.1. The van der Waals surface area contributed by atoms with Gasteiger partial charge in [-0.2, -0.15) is 0 Å². The summed E-state index contributed by atoms with van der Waals surface area (Å²) in [7, 11) is 0. The average molecular weight is 222 g/mol. The van der Waals surface area contributed by atoms with E-state index in [1.807, 2.05) is 0 Å². The Morgan fingerprint density at radius 2 is 1.25 bits per heavy atom. The highest BCUT2D eigenvalue weighted by molar-refractivity contribution is 5.08. The predicted molar refractivity (Wildman–Crippen MR) is 66.5 cm³/mol. The van der Waals surface area contributed by atoms with E-state index in [1.165, 1.54) is 64.2 Å². The average Bonchev–Trinajstić information content (AvgIpc) is 2.99. The lowest BCUT2D eigenvalue weighted by Crippen LogP contribution is -2.40. The van der Waals surface area contributed by atoms with E-state index < -0.39 is 0 Å². The lowest BCUT2D eigenvalue weighted by Gasteiger charge is -2.39. The molecule has 1 heteroatoms. The molecule has 3 fully saturated rings. The molecule has 0 aromatic carbocycles. The number of hydrogen-bond donors (Lipinski definition) is 0. The van der Waals surface area contributed by atoms with Crippen LogP contribution in [0, 0.1) is 10.8 Å². The molecule has 0 radical (unpaired) electrons. The van der Waals surface area contributed by atoms with Crippen LogP contribution < -0.4 is 0 Å². The van der Waals surface area contributed by atoms with Gasteiger partial charge in [-0.15, -0.1) is 0 Å². The molecule has 0 bridgehead atoms. The topological polar surface area (TPSA) is 9.23 Å². The third kappa shape index (κ3) is 1.47. The highest BCUT2D eigenvalue weighted by atomic mass is 16.5. The minimum atomic E-state index is 0.611. The van der Waals surface area contributed by atoms with Crippen molar-refractivity contribution in [3.05, 3.63) is 0 Å². The van der Waals surface area contributed by atoms with Crippen LogP contribution in [0.15, 0.2) is 0 Å². The zero-order valence-electron chi connectivity index (χ0n) is 10.8. The highest BCUT2D eigenvalue weighted by Gasteiger charge is 2.58. The lowest BCUT2D eigenvalue weighted by atomic mass is 9.74. The van der Waals surface area contributed by atoms with Crippen molar-refractivity contribution in [2.45, 2.75) is 77.2 Å². The van der Waals surface area contributed by atoms with Crippen molar-refractivity contribution in [2.24, 2.45) is 10.8 Å². The van der Waals surface area contributed by atoms with E-state index in [2.05, 4.69) is 6.92 Å². The van der Waals surface area contributed by atoms with Gasteiger partial charge in [0, 0.05) is 6.61 Å². The van der Waals surface area contributed by atoms with Crippen LogP contribution in [0.3, 0.4) is 0 Å². The highest BCUT2D eigenvalue weighted by Crippen LogP contribution is 2.63. The summed E-state index contributed by atoms with van der Waals surface area (Å²) in [4.78, 5) is 0. The van der Waals surface area contributed by atoms with Crippen LogP contribution in [-0.2, 0) is 4.74 Å². The first-order chi connectivity index (χ1) is 7.81. The molecule has 92 valence electrons. The smallest absolute Gasteiger partial charge is 0.0687 e. The van der Waals surface area contributed by atoms with Gasteiger partial charge in [-0.25, -0.2) is 0 Å². The van der Waals surface area contributed by atoms with E-state index in [4.69, 9.17) is 4.74 Å². The van der Waals surface area contributed by atoms with E-state index >= 15 is 0 Å². The Morgan fingerprint density at radius 3 is 1.62 bits per heavy atom. The second kappa shape index (κ2) is 4.01. The Hall–Kier alpha value is -0.0400. The van der Waals surface area contributed by atoms with Crippen LogP contribution in [0.5, 0.6) is 0 Å². The van der Waals surface area contributed by atoms with Crippen LogP contribution in [-0.4, -0.2) is 12.7 Å². The molecule has 3 rings (SSSR count). The van der Waals surface area contributed by atoms with E-state index in [9.17, 15) is 0 Å². The first kappa shape index (κ1) is 11.1. The van der Waals surface area contributed by atoms with Crippen molar-refractivity contribution in [3.8, 4) is 0 Å². The zero-order chi connectivity index (χ0) is 11.1. The first-order valence-corrected chi connectivity index (χ1v) is 7.43. The van der Waals surface area contributed by atoms with Gasteiger partial charge in [0.05, 0.1) is 6.10 Å². The molecule has 0 aromatic rings. The lowest BCUT2D eigenvalue weighted by molar-refractivity contribution is -0.0738. The summed E-state index contributed by atoms with van der Waals surface area (Å²) < 4.78 is 6.28. The molecule has 3 saturated carbocycles. The molecule has 0 unspecified atom stereocenters. The predicted octanol–water partition coefficient (Wildman–Crippen LogP) is 4.31. The monoisotopic (exact) mass is 222 g/mol. The fourth-order valence-corrected chi connectivity index (χ4v) is 5.11. The van der Waals surface area contributed by atoms with Crippen molar-refractivity contribution in [1.82, 2.24) is 0 Å². The molecule has 1 nitrogen and oxygen atoms in total. The summed E-state index contributed by atoms with van der Waals surface area (Å²) in [6, 6.07) is 0. The van der Waals surface area contributed by atoms with Gasteiger partial charge in [0.25, 0.3) is 0 Å². The third-order valence-electron chi connectivity index (χ3n) is 5.77. The second-order valence-corrected chi connectivity index (χ2v) is 6.47. The van der Waals surface area contributed by atoms with Gasteiger partial charge in [-0.1, -0.05) is 25.7 Å². The number of hydrogen-bond acceptors (Lipinski definition) is 1. The van der Waals surface area contributed by atoms with Crippen LogP contribution in [0.1, 0.15) is 71.1 Å². The van der Waals surface area contributed by atoms with Gasteiger partial charge in [0.1, 0.15) is 0 Å². The molecule has 0 saturated heterocycles. The first-order valence-electron chi connectivity index (χ1n) is 7.43. The molecule has 3 aliphatic carbocycles. The molecule has 0 atom stereocenters. The van der Waals surface area contributed by atoms with Gasteiger partial charge in [-0.05, 0) is 56.3 Å². The summed E-state index contributed by atoms with van der Waals surface area (Å²) in [5, 5.41) is 0. The minimum Gasteiger partial charge on any atom is -0.377 e. The Bertz CT molecular complexity index is 222. The van der Waals surface area contributed by atoms with Crippen molar-refractivity contribution < 1.29 is 4.74 Å². The molecule has 0 N–H and O–H groups in total. The Morgan fingerprint density at radius 1 is 0.812 bits per heavy atom. The second-order valence-electron chi connectivity index (χ2n) is 6.47. The molecule has 0 heterocycles. The Balaban J connectivity index is 1.86. The zero-order valence-corrected chi connectivity index (χ0v) is 10.8. The maximum atomic E-state index is 6.28. The van der Waals surface area contributed by atoms with E-state index in [1.54, 1.807) is 0 Å². The van der Waals surface area contributed by atoms with Crippen LogP contribution in [0.25, 0.3) is 0 Å². The van der Waals surface area contributed by atoms with Crippen LogP contribution in [0.4, 0.5) is 0 Å². The number of rotatable bonds is 2. The third-order valence-corrected chi connectivity index (χ3v) is 5.77. The van der Waals surface area contributed by atoms with Gasteiger partial charge in [0.15, 0.2) is 0 Å². The fourth-order valence-electron chi connectivity index (χ4n) is 5.11. The van der Waals surface area contributed by atoms with Crippen molar-refractivity contribution in [3.63, 3.8) is 0 Å². The minimum absolute atomic E-state index is 0.611. The molecular weight excluding hydrogens is 196 g/mol. The maximum Gasteiger partial charge on any atom is 0.0687 e. The van der Waals surface area contributed by atoms with Gasteiger partial charge in [-0.3, -0.25) is 0 Å². The summed E-state index contributed by atoms with van der Waals surface area (Å²) >= 11 is 0. The number of ether oxygens (including phenoxy) is 1. The molecule has 2 spiro atoms. The van der Waals surface area contributed by atoms with Gasteiger partial charge in [0.2, 0.25) is 0 Å². The van der Waals surface area contributed by atoms with Crippen LogP contribution in [0.2, 0.25) is 0 Å². The molecular formula is C15H26O. The van der Waals surface area contributed by atoms with Crippen LogP contribution >= 0.6 is 0 Å². The van der Waals surface area contributed by atoms with Gasteiger partial charge < -0.3 is 4.74 Å². The standard InChI is InChI=1S/C15H26O/c1-2-16-13-14(7-3-4-8-14)11-12-15(13)9-5-6-10-15/h13H,2-12H2,1H3. The molecule has 3 aliphatic rings. The van der Waals surface area contributed by atoms with Crippen molar-refractivity contribution >= 4 is 0 Å². The fraction of sp³-hybridized carbons (Fsp3) is 1.00. The Kier molecular flexibility index (Phi) is 2.78. The molecule has 0 aromatic heterocycles. The summed E-state index contributed by atoms with van der Waals surface area (Å²) in [6.07, 6.45) is 15.2. The molecule has 16 heavy (non-hydrogen) atoms. The van der Waals surface area contributed by atoms with Crippen molar-refractivity contribution in [2.75, 3.05) is 6.61 Å². The largest absolute Gasteiger partial charge is 0.377 e. The summed E-state index contributed by atoms with van der Waals surface area (Å²) in [5.41, 5.74) is 1.22. The van der Waals surface area contributed by atoms with E-state index in [0.29, 0.717) is 16.9 Å². The van der Waals surface area contributed by atoms with E-state index in [-0.39, 0.29) is 0 Å². The summed E-state index contributed by atoms with van der Waals surface area (Å²) in [5.74, 6) is 0. The SMILES string of the molecule is CCOC1C2(CCCC2)CCC12CCCC2. The van der Waals surface area contributed by atoms with Crippen molar-refractivity contribution in [1.29, 1.82) is 0 Å². The quantitative estimate of drug-likeness (QED) is 0.676. The summed E-state index contributed by atoms with van der Waals surface area (Å²) in [6.45, 7) is 3.11. The molecule has 0 aliphatic heterocycles.